The van der Waals surface area contributed by atoms with Crippen LogP contribution in [0, 0.1) is 12.7 Å². The van der Waals surface area contributed by atoms with Gasteiger partial charge < -0.3 is 15.2 Å². The zero-order chi connectivity index (χ0) is 18.1. The van der Waals surface area contributed by atoms with Gasteiger partial charge in [0.1, 0.15) is 11.5 Å². The van der Waals surface area contributed by atoms with E-state index in [1.54, 1.807) is 18.2 Å². The number of nitrogens with zero attached hydrogens (tertiary/aromatic N) is 2. The molecule has 1 fully saturated rings. The van der Waals surface area contributed by atoms with Gasteiger partial charge in [0.15, 0.2) is 0 Å². The summed E-state index contributed by atoms with van der Waals surface area (Å²) >= 11 is 0. The molecule has 6 nitrogen and oxygen atoms in total. The van der Waals surface area contributed by atoms with Gasteiger partial charge in [-0.2, -0.15) is 0 Å². The third-order valence-corrected chi connectivity index (χ3v) is 4.60. The van der Waals surface area contributed by atoms with Crippen molar-refractivity contribution in [2.45, 2.75) is 32.4 Å². The Kier molecular flexibility index (Phi) is 4.38. The topological polar surface area (TPSA) is 80.0 Å². The molecule has 0 saturated carbocycles. The molecule has 0 spiro atoms. The van der Waals surface area contributed by atoms with Crippen LogP contribution in [-0.4, -0.2) is 22.6 Å². The first-order valence-corrected chi connectivity index (χ1v) is 8.65. The highest BCUT2D eigenvalue weighted by Crippen LogP contribution is 2.31. The quantitative estimate of drug-likeness (QED) is 0.753. The SMILES string of the molecule is Cc1cc(C(=O)NCc2ccc(F)cc2)c2c(C3CCCN3)noc2n1. The first-order chi connectivity index (χ1) is 12.6. The molecule has 1 aliphatic rings. The van der Waals surface area contributed by atoms with Crippen LogP contribution in [-0.2, 0) is 6.54 Å². The summed E-state index contributed by atoms with van der Waals surface area (Å²) in [6, 6.07) is 7.87. The molecule has 134 valence electrons. The maximum Gasteiger partial charge on any atom is 0.259 e. The van der Waals surface area contributed by atoms with Crippen LogP contribution in [0.3, 0.4) is 0 Å². The Morgan fingerprint density at radius 1 is 1.38 bits per heavy atom. The van der Waals surface area contributed by atoms with Gasteiger partial charge in [0.25, 0.3) is 11.6 Å². The summed E-state index contributed by atoms with van der Waals surface area (Å²) in [4.78, 5) is 17.2. The number of aromatic nitrogens is 2. The van der Waals surface area contributed by atoms with Crippen molar-refractivity contribution in [2.24, 2.45) is 0 Å². The standard InChI is InChI=1S/C19H19FN4O2/c1-11-9-14(18(25)22-10-12-4-6-13(20)7-5-12)16-17(15-3-2-8-21-15)24-26-19(16)23-11/h4-7,9,15,21H,2-3,8,10H2,1H3,(H,22,25). The van der Waals surface area contributed by atoms with Crippen LogP contribution in [0.15, 0.2) is 34.9 Å². The molecule has 3 heterocycles. The zero-order valence-electron chi connectivity index (χ0n) is 14.4. The van der Waals surface area contributed by atoms with Crippen LogP contribution in [0.4, 0.5) is 4.39 Å². The Balaban J connectivity index is 1.64. The number of fused-ring (bicyclic) bond motifs is 1. The van der Waals surface area contributed by atoms with Gasteiger partial charge in [0.2, 0.25) is 0 Å². The molecule has 7 heteroatoms. The number of benzene rings is 1. The molecule has 1 atom stereocenters. The van der Waals surface area contributed by atoms with E-state index >= 15 is 0 Å². The lowest BCUT2D eigenvalue weighted by Gasteiger charge is -2.10. The number of aryl methyl sites for hydroxylation is 1. The normalized spacial score (nSPS) is 16.9. The van der Waals surface area contributed by atoms with E-state index in [4.69, 9.17) is 4.52 Å². The minimum atomic E-state index is -0.301. The van der Waals surface area contributed by atoms with Gasteiger partial charge in [-0.25, -0.2) is 9.37 Å². The lowest BCUT2D eigenvalue weighted by molar-refractivity contribution is 0.0952. The molecule has 0 aliphatic carbocycles. The van der Waals surface area contributed by atoms with Crippen molar-refractivity contribution in [3.8, 4) is 0 Å². The highest BCUT2D eigenvalue weighted by Gasteiger charge is 2.26. The molecule has 0 bridgehead atoms. The second-order valence-electron chi connectivity index (χ2n) is 6.52. The molecular formula is C19H19FN4O2. The molecule has 3 aromatic rings. The minimum absolute atomic E-state index is 0.0735. The van der Waals surface area contributed by atoms with E-state index in [9.17, 15) is 9.18 Å². The van der Waals surface area contributed by atoms with E-state index in [2.05, 4.69) is 20.8 Å². The molecule has 1 aliphatic heterocycles. The van der Waals surface area contributed by atoms with Gasteiger partial charge in [0.05, 0.1) is 17.0 Å². The molecule has 2 N–H and O–H groups in total. The predicted octanol–water partition coefficient (Wildman–Crippen LogP) is 3.02. The van der Waals surface area contributed by atoms with Gasteiger partial charge in [-0.15, -0.1) is 0 Å². The lowest BCUT2D eigenvalue weighted by Crippen LogP contribution is -2.24. The van der Waals surface area contributed by atoms with Crippen LogP contribution >= 0.6 is 0 Å². The Morgan fingerprint density at radius 2 is 2.19 bits per heavy atom. The zero-order valence-corrected chi connectivity index (χ0v) is 14.4. The van der Waals surface area contributed by atoms with Gasteiger partial charge in [-0.1, -0.05) is 17.3 Å². The number of rotatable bonds is 4. The smallest absolute Gasteiger partial charge is 0.259 e. The highest BCUT2D eigenvalue weighted by atomic mass is 19.1. The third-order valence-electron chi connectivity index (χ3n) is 4.60. The molecular weight excluding hydrogens is 335 g/mol. The number of carbonyl (C=O) groups excluding carboxylic acids is 1. The van der Waals surface area contributed by atoms with E-state index in [0.717, 1.165) is 30.6 Å². The van der Waals surface area contributed by atoms with E-state index < -0.39 is 0 Å². The minimum Gasteiger partial charge on any atom is -0.348 e. The molecule has 1 amide bonds. The van der Waals surface area contributed by atoms with E-state index in [0.29, 0.717) is 28.9 Å². The van der Waals surface area contributed by atoms with Crippen molar-refractivity contribution in [1.82, 2.24) is 20.8 Å². The summed E-state index contributed by atoms with van der Waals surface area (Å²) in [5.41, 5.74) is 3.12. The van der Waals surface area contributed by atoms with E-state index in [-0.39, 0.29) is 17.8 Å². The maximum atomic E-state index is 13.0. The van der Waals surface area contributed by atoms with Crippen molar-refractivity contribution in [2.75, 3.05) is 6.54 Å². The fourth-order valence-electron chi connectivity index (χ4n) is 3.31. The average molecular weight is 354 g/mol. The van der Waals surface area contributed by atoms with Crippen LogP contribution in [0.5, 0.6) is 0 Å². The molecule has 2 aromatic heterocycles. The summed E-state index contributed by atoms with van der Waals surface area (Å²) in [6.07, 6.45) is 2.01. The molecule has 1 aromatic carbocycles. The van der Waals surface area contributed by atoms with Crippen molar-refractivity contribution in [3.63, 3.8) is 0 Å². The first-order valence-electron chi connectivity index (χ1n) is 8.65. The van der Waals surface area contributed by atoms with Gasteiger partial charge in [0, 0.05) is 12.2 Å². The van der Waals surface area contributed by atoms with E-state index in [1.807, 2.05) is 6.92 Å². The Morgan fingerprint density at radius 3 is 2.92 bits per heavy atom. The molecule has 1 unspecified atom stereocenters. The van der Waals surface area contributed by atoms with Crippen molar-refractivity contribution in [3.05, 3.63) is 58.7 Å². The summed E-state index contributed by atoms with van der Waals surface area (Å²) in [6.45, 7) is 3.04. The van der Waals surface area contributed by atoms with Gasteiger partial charge in [-0.05, 0) is 50.1 Å². The number of amides is 1. The molecule has 4 rings (SSSR count). The van der Waals surface area contributed by atoms with Crippen LogP contribution in [0.25, 0.3) is 11.1 Å². The maximum absolute atomic E-state index is 13.0. The van der Waals surface area contributed by atoms with Crippen LogP contribution in [0.1, 0.15) is 46.2 Å². The summed E-state index contributed by atoms with van der Waals surface area (Å²) in [5, 5.41) is 11.1. The van der Waals surface area contributed by atoms with Crippen molar-refractivity contribution >= 4 is 17.0 Å². The molecule has 0 radical (unpaired) electrons. The van der Waals surface area contributed by atoms with Crippen molar-refractivity contribution < 1.29 is 13.7 Å². The largest absolute Gasteiger partial charge is 0.348 e. The predicted molar refractivity (Wildman–Crippen MR) is 94.1 cm³/mol. The highest BCUT2D eigenvalue weighted by molar-refractivity contribution is 6.06. The molecule has 26 heavy (non-hydrogen) atoms. The van der Waals surface area contributed by atoms with Crippen LogP contribution < -0.4 is 10.6 Å². The van der Waals surface area contributed by atoms with Crippen molar-refractivity contribution in [1.29, 1.82) is 0 Å². The van der Waals surface area contributed by atoms with E-state index in [1.165, 1.54) is 12.1 Å². The second kappa shape index (κ2) is 6.84. The fraction of sp³-hybridized carbons (Fsp3) is 0.316. The number of halogens is 1. The van der Waals surface area contributed by atoms with Crippen LogP contribution in [0.2, 0.25) is 0 Å². The second-order valence-corrected chi connectivity index (χ2v) is 6.52. The Labute approximate surface area is 149 Å². The first kappa shape index (κ1) is 16.7. The average Bonchev–Trinajstić information content (AvgIpc) is 3.29. The Bertz CT molecular complexity index is 946. The fourth-order valence-corrected chi connectivity index (χ4v) is 3.31. The lowest BCUT2D eigenvalue weighted by atomic mass is 10.0. The number of hydrogen-bond acceptors (Lipinski definition) is 5. The monoisotopic (exact) mass is 354 g/mol. The van der Waals surface area contributed by atoms with Gasteiger partial charge in [-0.3, -0.25) is 4.79 Å². The number of hydrogen-bond donors (Lipinski definition) is 2. The number of nitrogens with one attached hydrogen (secondary N) is 2. The third kappa shape index (κ3) is 3.17. The summed E-state index contributed by atoms with van der Waals surface area (Å²) in [5.74, 6) is -0.531. The summed E-state index contributed by atoms with van der Waals surface area (Å²) in [7, 11) is 0. The Hall–Kier alpha value is -2.80. The number of carbonyl (C=O) groups is 1. The summed E-state index contributed by atoms with van der Waals surface area (Å²) < 4.78 is 18.4. The number of pyridine rings is 1. The van der Waals surface area contributed by atoms with Gasteiger partial charge >= 0.3 is 0 Å². The molecule has 1 saturated heterocycles.